The Morgan fingerprint density at radius 2 is 2.10 bits per heavy atom. The highest BCUT2D eigenvalue weighted by atomic mass is 16.3. The molecule has 5 nitrogen and oxygen atoms in total. The molecule has 0 fully saturated rings. The van der Waals surface area contributed by atoms with Crippen LogP contribution in [0.15, 0.2) is 42.7 Å². The number of rotatable bonds is 4. The summed E-state index contributed by atoms with van der Waals surface area (Å²) in [6.45, 7) is 0.635. The number of para-hydroxylation sites is 1. The lowest BCUT2D eigenvalue weighted by Crippen LogP contribution is -2.19. The molecule has 0 aliphatic carbocycles. The molecule has 0 unspecified atom stereocenters. The summed E-state index contributed by atoms with van der Waals surface area (Å²) >= 11 is 0. The van der Waals surface area contributed by atoms with E-state index in [1.807, 2.05) is 55.2 Å². The summed E-state index contributed by atoms with van der Waals surface area (Å²) < 4.78 is 2.01. The number of nitrogens with zero attached hydrogens (tertiary/aromatic N) is 4. The van der Waals surface area contributed by atoms with Crippen molar-refractivity contribution in [2.24, 2.45) is 7.05 Å². The Bertz CT molecular complexity index is 766. The molecule has 5 heteroatoms. The van der Waals surface area contributed by atoms with Crippen LogP contribution in [0.5, 0.6) is 0 Å². The minimum atomic E-state index is -0.0614. The number of pyridine rings is 1. The van der Waals surface area contributed by atoms with E-state index in [2.05, 4.69) is 14.9 Å². The average Bonchev–Trinajstić information content (AvgIpc) is 2.91. The van der Waals surface area contributed by atoms with Gasteiger partial charge in [0.25, 0.3) is 0 Å². The van der Waals surface area contributed by atoms with Crippen LogP contribution in [0, 0.1) is 0 Å². The van der Waals surface area contributed by atoms with Gasteiger partial charge in [-0.15, -0.1) is 0 Å². The summed E-state index contributed by atoms with van der Waals surface area (Å²) in [6.07, 6.45) is 3.74. The second kappa shape index (κ2) is 5.54. The molecule has 0 aliphatic heterocycles. The highest BCUT2D eigenvalue weighted by Crippen LogP contribution is 2.26. The number of fused-ring (bicyclic) bond motifs is 1. The molecule has 1 N–H and O–H groups in total. The van der Waals surface area contributed by atoms with Crippen LogP contribution in [-0.2, 0) is 20.2 Å². The van der Waals surface area contributed by atoms with Gasteiger partial charge in [0.2, 0.25) is 0 Å². The monoisotopic (exact) mass is 282 g/mol. The quantitative estimate of drug-likeness (QED) is 0.796. The lowest BCUT2D eigenvalue weighted by molar-refractivity contribution is 0.277. The van der Waals surface area contributed by atoms with E-state index in [1.54, 1.807) is 6.20 Å². The van der Waals surface area contributed by atoms with E-state index in [0.29, 0.717) is 12.2 Å². The van der Waals surface area contributed by atoms with Crippen LogP contribution in [0.2, 0.25) is 0 Å². The van der Waals surface area contributed by atoms with Gasteiger partial charge in [-0.1, -0.05) is 18.2 Å². The van der Waals surface area contributed by atoms with Gasteiger partial charge < -0.3 is 14.6 Å². The first-order valence-electron chi connectivity index (χ1n) is 6.86. The number of hydrogen-bond acceptors (Lipinski definition) is 4. The van der Waals surface area contributed by atoms with Crippen molar-refractivity contribution in [3.05, 3.63) is 54.2 Å². The van der Waals surface area contributed by atoms with E-state index in [0.717, 1.165) is 22.4 Å². The molecule has 0 saturated heterocycles. The predicted molar refractivity (Wildman–Crippen MR) is 83.0 cm³/mol. The molecular weight excluding hydrogens is 264 g/mol. The zero-order valence-corrected chi connectivity index (χ0v) is 12.2. The van der Waals surface area contributed by atoms with Crippen molar-refractivity contribution in [3.63, 3.8) is 0 Å². The first-order valence-corrected chi connectivity index (χ1v) is 6.86. The number of aryl methyl sites for hydroxylation is 1. The van der Waals surface area contributed by atoms with E-state index in [1.165, 1.54) is 0 Å². The van der Waals surface area contributed by atoms with Gasteiger partial charge in [-0.2, -0.15) is 0 Å². The van der Waals surface area contributed by atoms with Crippen molar-refractivity contribution in [3.8, 4) is 0 Å². The average molecular weight is 282 g/mol. The molecule has 0 radical (unpaired) electrons. The maximum Gasteiger partial charge on any atom is 0.127 e. The molecule has 108 valence electrons. The zero-order chi connectivity index (χ0) is 14.8. The molecule has 0 aliphatic rings. The zero-order valence-electron chi connectivity index (χ0n) is 12.2. The van der Waals surface area contributed by atoms with Crippen LogP contribution in [0.1, 0.15) is 11.5 Å². The van der Waals surface area contributed by atoms with Crippen LogP contribution in [0.4, 0.5) is 5.69 Å². The van der Waals surface area contributed by atoms with Crippen LogP contribution in [0.3, 0.4) is 0 Å². The lowest BCUT2D eigenvalue weighted by atomic mass is 10.1. The highest BCUT2D eigenvalue weighted by Gasteiger charge is 2.11. The van der Waals surface area contributed by atoms with Gasteiger partial charge in [0.15, 0.2) is 0 Å². The standard InChI is InChI=1S/C16H18N4O/c1-19-8-7-17-16(19)10-20(2)15-9-12(11-21)18-14-6-4-3-5-13(14)15/h3-9,21H,10-11H2,1-2H3. The minimum absolute atomic E-state index is 0.0614. The van der Waals surface area contributed by atoms with Gasteiger partial charge in [-0.25, -0.2) is 4.98 Å². The number of anilines is 1. The van der Waals surface area contributed by atoms with Crippen LogP contribution in [-0.4, -0.2) is 26.7 Å². The van der Waals surface area contributed by atoms with Crippen molar-refractivity contribution in [1.29, 1.82) is 0 Å². The van der Waals surface area contributed by atoms with Gasteiger partial charge in [0, 0.05) is 37.6 Å². The smallest absolute Gasteiger partial charge is 0.127 e. The minimum Gasteiger partial charge on any atom is -0.390 e. The van der Waals surface area contributed by atoms with Crippen molar-refractivity contribution in [1.82, 2.24) is 14.5 Å². The normalized spacial score (nSPS) is 11.0. The summed E-state index contributed by atoms with van der Waals surface area (Å²) in [4.78, 5) is 10.9. The molecule has 1 aromatic carbocycles. The molecule has 0 spiro atoms. The molecular formula is C16H18N4O. The fourth-order valence-corrected chi connectivity index (χ4v) is 2.45. The third kappa shape index (κ3) is 2.60. The molecule has 2 heterocycles. The highest BCUT2D eigenvalue weighted by molar-refractivity contribution is 5.91. The Hall–Kier alpha value is -2.40. The molecule has 0 saturated carbocycles. The number of hydrogen-bond donors (Lipinski definition) is 1. The van der Waals surface area contributed by atoms with E-state index in [-0.39, 0.29) is 6.61 Å². The van der Waals surface area contributed by atoms with Crippen LogP contribution >= 0.6 is 0 Å². The second-order valence-electron chi connectivity index (χ2n) is 5.12. The fourth-order valence-electron chi connectivity index (χ4n) is 2.45. The molecule has 2 aromatic heterocycles. The number of aliphatic hydroxyl groups excluding tert-OH is 1. The maximum absolute atomic E-state index is 9.41. The molecule has 3 rings (SSSR count). The second-order valence-corrected chi connectivity index (χ2v) is 5.12. The van der Waals surface area contributed by atoms with Gasteiger partial charge in [0.05, 0.1) is 24.4 Å². The first-order chi connectivity index (χ1) is 10.2. The maximum atomic E-state index is 9.41. The topological polar surface area (TPSA) is 54.2 Å². The Kier molecular flexibility index (Phi) is 3.58. The number of aliphatic hydroxyl groups is 1. The van der Waals surface area contributed by atoms with E-state index in [9.17, 15) is 5.11 Å². The lowest BCUT2D eigenvalue weighted by Gasteiger charge is -2.21. The third-order valence-electron chi connectivity index (χ3n) is 3.62. The summed E-state index contributed by atoms with van der Waals surface area (Å²) in [6, 6.07) is 9.91. The van der Waals surface area contributed by atoms with Crippen molar-refractivity contribution >= 4 is 16.6 Å². The van der Waals surface area contributed by atoms with Crippen molar-refractivity contribution in [2.45, 2.75) is 13.2 Å². The number of aromatic nitrogens is 3. The van der Waals surface area contributed by atoms with E-state index in [4.69, 9.17) is 0 Å². The predicted octanol–water partition coefficient (Wildman–Crippen LogP) is 2.10. The molecule has 0 atom stereocenters. The number of imidazole rings is 1. The molecule has 0 bridgehead atoms. The Morgan fingerprint density at radius 3 is 2.81 bits per heavy atom. The largest absolute Gasteiger partial charge is 0.390 e. The Balaban J connectivity index is 2.04. The van der Waals surface area contributed by atoms with Gasteiger partial charge in [-0.3, -0.25) is 4.98 Å². The van der Waals surface area contributed by atoms with Gasteiger partial charge in [-0.05, 0) is 12.1 Å². The molecule has 3 aromatic rings. The number of benzene rings is 1. The van der Waals surface area contributed by atoms with Crippen molar-refractivity contribution in [2.75, 3.05) is 11.9 Å². The Morgan fingerprint density at radius 1 is 1.29 bits per heavy atom. The molecule has 0 amide bonds. The summed E-state index contributed by atoms with van der Waals surface area (Å²) in [7, 11) is 4.01. The Labute approximate surface area is 123 Å². The SMILES string of the molecule is CN(Cc1nccn1C)c1cc(CO)nc2ccccc12. The molecule has 21 heavy (non-hydrogen) atoms. The summed E-state index contributed by atoms with van der Waals surface area (Å²) in [5.41, 5.74) is 2.62. The third-order valence-corrected chi connectivity index (χ3v) is 3.62. The fraction of sp³-hybridized carbons (Fsp3) is 0.250. The van der Waals surface area contributed by atoms with Crippen LogP contribution in [0.25, 0.3) is 10.9 Å². The van der Waals surface area contributed by atoms with Gasteiger partial charge in [0.1, 0.15) is 5.82 Å². The summed E-state index contributed by atoms with van der Waals surface area (Å²) in [5, 5.41) is 10.5. The van der Waals surface area contributed by atoms with Crippen LogP contribution < -0.4 is 4.90 Å². The van der Waals surface area contributed by atoms with E-state index >= 15 is 0 Å². The van der Waals surface area contributed by atoms with Crippen molar-refractivity contribution < 1.29 is 5.11 Å². The van der Waals surface area contributed by atoms with E-state index < -0.39 is 0 Å². The van der Waals surface area contributed by atoms with Gasteiger partial charge >= 0.3 is 0 Å². The first kappa shape index (κ1) is 13.6. The summed E-state index contributed by atoms with van der Waals surface area (Å²) in [5.74, 6) is 0.990.